The van der Waals surface area contributed by atoms with Crippen molar-refractivity contribution in [1.29, 1.82) is 0 Å². The lowest BCUT2D eigenvalue weighted by Gasteiger charge is -2.27. The van der Waals surface area contributed by atoms with E-state index in [2.05, 4.69) is 35.1 Å². The molecule has 0 spiro atoms. The Morgan fingerprint density at radius 2 is 1.82 bits per heavy atom. The van der Waals surface area contributed by atoms with Crippen LogP contribution in [-0.2, 0) is 23.2 Å². The van der Waals surface area contributed by atoms with Gasteiger partial charge in [0.25, 0.3) is 0 Å². The number of aliphatic hydroxyl groups is 2. The first-order chi connectivity index (χ1) is 13.1. The highest BCUT2D eigenvalue weighted by Crippen LogP contribution is 2.31. The van der Waals surface area contributed by atoms with Crippen molar-refractivity contribution in [2.24, 2.45) is 0 Å². The van der Waals surface area contributed by atoms with Crippen LogP contribution in [0.5, 0.6) is 0 Å². The van der Waals surface area contributed by atoms with Gasteiger partial charge in [0.05, 0.1) is 24.7 Å². The Labute approximate surface area is 176 Å². The van der Waals surface area contributed by atoms with Crippen LogP contribution < -0.4 is 5.32 Å². The largest absolute Gasteiger partial charge is 0.394 e. The molecule has 0 aliphatic heterocycles. The van der Waals surface area contributed by atoms with E-state index in [-0.39, 0.29) is 24.9 Å². The first kappa shape index (κ1) is 22.6. The van der Waals surface area contributed by atoms with Crippen molar-refractivity contribution in [3.63, 3.8) is 0 Å². The molecule has 28 heavy (non-hydrogen) atoms. The molecule has 1 atom stereocenters. The average Bonchev–Trinajstić information content (AvgIpc) is 2.62. The molecule has 1 unspecified atom stereocenters. The topological polar surface area (TPSA) is 69.6 Å². The number of benzene rings is 2. The van der Waals surface area contributed by atoms with Crippen molar-refractivity contribution in [1.82, 2.24) is 5.32 Å². The Kier molecular flexibility index (Phi) is 7.81. The van der Waals surface area contributed by atoms with E-state index in [0.717, 1.165) is 26.7 Å². The van der Waals surface area contributed by atoms with Gasteiger partial charge in [-0.25, -0.2) is 0 Å². The number of amides is 1. The zero-order valence-electron chi connectivity index (χ0n) is 17.0. The van der Waals surface area contributed by atoms with Gasteiger partial charge in [0, 0.05) is 4.47 Å². The lowest BCUT2D eigenvalue weighted by molar-refractivity contribution is -0.121. The van der Waals surface area contributed by atoms with Gasteiger partial charge in [-0.05, 0) is 54.5 Å². The molecule has 0 heterocycles. The summed E-state index contributed by atoms with van der Waals surface area (Å²) in [6.07, 6.45) is 0.702. The molecule has 0 aromatic heterocycles. The quantitative estimate of drug-likeness (QED) is 0.571. The van der Waals surface area contributed by atoms with E-state index in [1.165, 1.54) is 0 Å². The Morgan fingerprint density at radius 1 is 1.14 bits per heavy atom. The van der Waals surface area contributed by atoms with Crippen molar-refractivity contribution >= 4 is 21.8 Å². The van der Waals surface area contributed by atoms with Crippen molar-refractivity contribution in [3.05, 3.63) is 69.2 Å². The standard InChI is InChI=1S/C23H30BrNO3/c1-15(2)18-9-7-10-20(23(3,4)28)19(18)13-17(14-26)25-22(27)12-16-8-5-6-11-21(16)24/h5-11,15,17,26,28H,12-14H2,1-4H3,(H,25,27). The predicted molar refractivity (Wildman–Crippen MR) is 116 cm³/mol. The second-order valence-corrected chi connectivity index (χ2v) is 8.86. The smallest absolute Gasteiger partial charge is 0.224 e. The maximum absolute atomic E-state index is 12.5. The fourth-order valence-electron chi connectivity index (χ4n) is 3.45. The van der Waals surface area contributed by atoms with Crippen molar-refractivity contribution in [2.45, 2.75) is 58.1 Å². The second kappa shape index (κ2) is 9.68. The number of hydrogen-bond acceptors (Lipinski definition) is 3. The molecule has 5 heteroatoms. The van der Waals surface area contributed by atoms with Crippen molar-refractivity contribution < 1.29 is 15.0 Å². The summed E-state index contributed by atoms with van der Waals surface area (Å²) in [4.78, 5) is 12.5. The third kappa shape index (κ3) is 5.90. The van der Waals surface area contributed by atoms with Crippen LogP contribution in [0.25, 0.3) is 0 Å². The van der Waals surface area contributed by atoms with Gasteiger partial charge in [0.15, 0.2) is 0 Å². The summed E-state index contributed by atoms with van der Waals surface area (Å²) < 4.78 is 0.889. The molecule has 4 nitrogen and oxygen atoms in total. The molecule has 152 valence electrons. The number of hydrogen-bond donors (Lipinski definition) is 3. The summed E-state index contributed by atoms with van der Waals surface area (Å²) in [6, 6.07) is 13.1. The van der Waals surface area contributed by atoms with E-state index >= 15 is 0 Å². The Balaban J connectivity index is 2.22. The number of nitrogens with one attached hydrogen (secondary N) is 1. The molecule has 0 bridgehead atoms. The van der Waals surface area contributed by atoms with Crippen molar-refractivity contribution in [2.75, 3.05) is 6.61 Å². The van der Waals surface area contributed by atoms with Crippen LogP contribution in [0.15, 0.2) is 46.9 Å². The molecule has 3 N–H and O–H groups in total. The number of aliphatic hydroxyl groups excluding tert-OH is 1. The monoisotopic (exact) mass is 447 g/mol. The van der Waals surface area contributed by atoms with Crippen LogP contribution in [0.4, 0.5) is 0 Å². The van der Waals surface area contributed by atoms with Gasteiger partial charge in [0.2, 0.25) is 5.91 Å². The van der Waals surface area contributed by atoms with Gasteiger partial charge in [0.1, 0.15) is 0 Å². The molecular formula is C23H30BrNO3. The van der Waals surface area contributed by atoms with Crippen molar-refractivity contribution in [3.8, 4) is 0 Å². The van der Waals surface area contributed by atoms with Gasteiger partial charge in [-0.1, -0.05) is 66.2 Å². The van der Waals surface area contributed by atoms with Gasteiger partial charge in [-0.3, -0.25) is 4.79 Å². The van der Waals surface area contributed by atoms with Crippen LogP contribution in [0.3, 0.4) is 0 Å². The summed E-state index contributed by atoms with van der Waals surface area (Å²) in [5.41, 5.74) is 2.84. The van der Waals surface area contributed by atoms with Crippen LogP contribution in [0.2, 0.25) is 0 Å². The molecule has 0 fully saturated rings. The highest BCUT2D eigenvalue weighted by atomic mass is 79.9. The molecule has 1 amide bonds. The first-order valence-electron chi connectivity index (χ1n) is 9.61. The van der Waals surface area contributed by atoms with Gasteiger partial charge >= 0.3 is 0 Å². The second-order valence-electron chi connectivity index (χ2n) is 8.01. The lowest BCUT2D eigenvalue weighted by atomic mass is 9.84. The van der Waals surface area contributed by atoms with E-state index < -0.39 is 11.6 Å². The van der Waals surface area contributed by atoms with Crippen LogP contribution in [0, 0.1) is 0 Å². The van der Waals surface area contributed by atoms with E-state index in [4.69, 9.17) is 0 Å². The molecule has 2 rings (SSSR count). The third-order valence-electron chi connectivity index (χ3n) is 4.84. The Hall–Kier alpha value is -1.69. The van der Waals surface area contributed by atoms with Crippen LogP contribution in [0.1, 0.15) is 55.9 Å². The predicted octanol–water partition coefficient (Wildman–Crippen LogP) is 4.06. The summed E-state index contributed by atoms with van der Waals surface area (Å²) in [5, 5.41) is 23.5. The van der Waals surface area contributed by atoms with E-state index in [1.807, 2.05) is 42.5 Å². The van der Waals surface area contributed by atoms with Crippen LogP contribution >= 0.6 is 15.9 Å². The molecule has 0 saturated heterocycles. The molecule has 0 aliphatic carbocycles. The highest BCUT2D eigenvalue weighted by molar-refractivity contribution is 9.10. The minimum Gasteiger partial charge on any atom is -0.394 e. The summed E-state index contributed by atoms with van der Waals surface area (Å²) in [6.45, 7) is 7.56. The molecular weight excluding hydrogens is 418 g/mol. The number of halogens is 1. The van der Waals surface area contributed by atoms with E-state index in [0.29, 0.717) is 6.42 Å². The van der Waals surface area contributed by atoms with Crippen LogP contribution in [-0.4, -0.2) is 28.8 Å². The minimum absolute atomic E-state index is 0.141. The third-order valence-corrected chi connectivity index (χ3v) is 5.61. The number of carbonyl (C=O) groups excluding carboxylic acids is 1. The van der Waals surface area contributed by atoms with E-state index in [1.54, 1.807) is 13.8 Å². The zero-order chi connectivity index (χ0) is 20.9. The molecule has 0 aliphatic rings. The average molecular weight is 448 g/mol. The minimum atomic E-state index is -1.00. The lowest BCUT2D eigenvalue weighted by Crippen LogP contribution is -2.40. The number of rotatable bonds is 8. The maximum atomic E-state index is 12.5. The van der Waals surface area contributed by atoms with Gasteiger partial charge < -0.3 is 15.5 Å². The van der Waals surface area contributed by atoms with Gasteiger partial charge in [-0.15, -0.1) is 0 Å². The fourth-order valence-corrected chi connectivity index (χ4v) is 3.87. The summed E-state index contributed by atoms with van der Waals surface area (Å²) in [5.74, 6) is 0.130. The molecule has 2 aromatic rings. The summed E-state index contributed by atoms with van der Waals surface area (Å²) in [7, 11) is 0. The molecule has 0 radical (unpaired) electrons. The first-order valence-corrected chi connectivity index (χ1v) is 10.4. The normalized spacial score (nSPS) is 12.9. The fraction of sp³-hybridized carbons (Fsp3) is 0.435. The zero-order valence-corrected chi connectivity index (χ0v) is 18.6. The van der Waals surface area contributed by atoms with Gasteiger partial charge in [-0.2, -0.15) is 0 Å². The van der Waals surface area contributed by atoms with E-state index in [9.17, 15) is 15.0 Å². The Bertz CT molecular complexity index is 812. The molecule has 2 aromatic carbocycles. The highest BCUT2D eigenvalue weighted by Gasteiger charge is 2.25. The summed E-state index contributed by atoms with van der Waals surface area (Å²) >= 11 is 3.46. The molecule has 0 saturated carbocycles. The SMILES string of the molecule is CC(C)c1cccc(C(C)(C)O)c1CC(CO)NC(=O)Cc1ccccc1Br. The maximum Gasteiger partial charge on any atom is 0.224 e. The Morgan fingerprint density at radius 3 is 2.39 bits per heavy atom. The number of carbonyl (C=O) groups is 1.